The van der Waals surface area contributed by atoms with E-state index in [0.717, 1.165) is 49.7 Å². The van der Waals surface area contributed by atoms with E-state index in [2.05, 4.69) is 35.4 Å². The molecule has 5 aromatic carbocycles. The van der Waals surface area contributed by atoms with E-state index in [9.17, 15) is 29.1 Å². The molecule has 4 aliphatic heterocycles. The Bertz CT molecular complexity index is 3810. The zero-order chi connectivity index (χ0) is 49.6. The van der Waals surface area contributed by atoms with Crippen molar-refractivity contribution in [3.8, 4) is 11.4 Å². The fourth-order valence-corrected chi connectivity index (χ4v) is 8.84. The third-order valence-electron chi connectivity index (χ3n) is 12.1. The SMILES string of the molecule is CCN1C(=CC2=[NH+]C(=O)C(=Cc3nn(-c4ccccc4)c4c(=O)c5oc(C=C6C(=O)[NH+]=C(C=C7C=Cc8ccccc8N7CC)[NH+]=C6O)nn(-c6ccccc6)c5c(=O)c4o3)C(=O)[N-]2)C=Cc2ccccc21. The maximum atomic E-state index is 14.9. The number of anilines is 2. The monoisotopic (exact) mass is 956 g/mol. The summed E-state index contributed by atoms with van der Waals surface area (Å²) in [5, 5.41) is 24.5. The number of allylic oxidation sites excluding steroid dienone is 2. The molecule has 0 atom stereocenters. The van der Waals surface area contributed by atoms with Gasteiger partial charge >= 0.3 is 17.6 Å². The first-order valence-corrected chi connectivity index (χ1v) is 22.8. The Morgan fingerprint density at radius 1 is 0.556 bits per heavy atom. The molecule has 0 bridgehead atoms. The van der Waals surface area contributed by atoms with Crippen molar-refractivity contribution in [2.24, 2.45) is 0 Å². The Kier molecular flexibility index (Phi) is 11.2. The predicted octanol–water partition coefficient (Wildman–Crippen LogP) is 2.45. The minimum Gasteiger partial charge on any atom is -0.459 e. The van der Waals surface area contributed by atoms with Crippen molar-refractivity contribution in [2.75, 3.05) is 22.9 Å². The molecule has 0 fully saturated rings. The van der Waals surface area contributed by atoms with E-state index in [1.54, 1.807) is 72.8 Å². The van der Waals surface area contributed by atoms with Crippen LogP contribution < -0.4 is 35.6 Å². The van der Waals surface area contributed by atoms with Crippen molar-refractivity contribution in [3.05, 3.63) is 205 Å². The summed E-state index contributed by atoms with van der Waals surface area (Å²) in [5.41, 5.74) is 1.85. The van der Waals surface area contributed by atoms with Crippen LogP contribution in [0.1, 0.15) is 36.8 Å². The maximum absolute atomic E-state index is 14.9. The van der Waals surface area contributed by atoms with Crippen molar-refractivity contribution < 1.29 is 43.3 Å². The summed E-state index contributed by atoms with van der Waals surface area (Å²) in [6.07, 6.45) is 13.1. The van der Waals surface area contributed by atoms with Gasteiger partial charge in [-0.1, -0.05) is 84.9 Å². The smallest absolute Gasteiger partial charge is 0.448 e. The highest BCUT2D eigenvalue weighted by Crippen LogP contribution is 2.32. The van der Waals surface area contributed by atoms with Gasteiger partial charge in [0.1, 0.15) is 17.5 Å². The van der Waals surface area contributed by atoms with Crippen LogP contribution in [0.5, 0.6) is 0 Å². The molecule has 2 aromatic heterocycles. The van der Waals surface area contributed by atoms with Gasteiger partial charge in [0.05, 0.1) is 17.1 Å². The number of nitrogens with one attached hydrogen (secondary N) is 3. The minimum absolute atomic E-state index is 0.0140. The number of nitrogens with zero attached hydrogens (tertiary/aromatic N) is 7. The third kappa shape index (κ3) is 7.93. The summed E-state index contributed by atoms with van der Waals surface area (Å²) in [4.78, 5) is 83.3. The van der Waals surface area contributed by atoms with E-state index in [4.69, 9.17) is 8.83 Å². The van der Waals surface area contributed by atoms with Gasteiger partial charge in [0.2, 0.25) is 28.5 Å². The van der Waals surface area contributed by atoms with Crippen LogP contribution >= 0.6 is 0 Å². The van der Waals surface area contributed by atoms with Crippen molar-refractivity contribution in [1.82, 2.24) is 19.6 Å². The largest absolute Gasteiger partial charge is 0.459 e. The van der Waals surface area contributed by atoms with E-state index >= 15 is 0 Å². The molecule has 0 unspecified atom stereocenters. The summed E-state index contributed by atoms with van der Waals surface area (Å²) in [6.45, 7) is 5.22. The zero-order valence-corrected chi connectivity index (χ0v) is 38.4. The lowest BCUT2D eigenvalue weighted by atomic mass is 10.1. The lowest BCUT2D eigenvalue weighted by Crippen LogP contribution is -2.98. The fraction of sp³-hybridized carbons (Fsp3) is 0.0741. The van der Waals surface area contributed by atoms with E-state index in [1.807, 2.05) is 91.6 Å². The average molecular weight is 957 g/mol. The minimum atomic E-state index is -0.902. The number of hydrogen-bond donors (Lipinski definition) is 4. The molecule has 18 heteroatoms. The standard InChI is InChI=1S/C54H38N10O8/c1-3-61-35(25-23-31-15-11-13-21-39(31)61)27-41-55-51(67)37(52(68)56-41)29-43-59-63(33-17-7-5-8-18-33)45-48(66)50-46(47(65)49(45)71-43)64(34-19-9-6-10-20-34)60-44(72-50)30-38-53(69)57-42(58-54(38)70)28-36-26-24-32-16-12-14-22-40(32)62(36)4-2/h5-30H,3-4H2,1-2H3,(H2,55,56,57,58,67,68,69,70)/p+2. The lowest BCUT2D eigenvalue weighted by Gasteiger charge is -2.29. The van der Waals surface area contributed by atoms with Crippen LogP contribution in [0.4, 0.5) is 11.4 Å². The molecule has 0 saturated heterocycles. The quantitative estimate of drug-likeness (QED) is 0.0979. The molecule has 3 amide bonds. The highest BCUT2D eigenvalue weighted by molar-refractivity contribution is 6.35. The summed E-state index contributed by atoms with van der Waals surface area (Å²) < 4.78 is 14.5. The maximum Gasteiger partial charge on any atom is 0.448 e. The lowest BCUT2D eigenvalue weighted by molar-refractivity contribution is -0.466. The first kappa shape index (κ1) is 44.4. The molecule has 18 nitrogen and oxygen atoms in total. The van der Waals surface area contributed by atoms with Crippen LogP contribution in [0.2, 0.25) is 0 Å². The number of likely N-dealkylation sites (N-methyl/N-ethyl adjacent to an activating group) is 2. The Morgan fingerprint density at radius 3 is 1.53 bits per heavy atom. The number of aliphatic hydroxyl groups excluding tert-OH is 1. The van der Waals surface area contributed by atoms with E-state index < -0.39 is 51.2 Å². The van der Waals surface area contributed by atoms with Gasteiger partial charge in [-0.3, -0.25) is 19.2 Å². The van der Waals surface area contributed by atoms with Gasteiger partial charge in [-0.25, -0.2) is 14.2 Å². The number of rotatable bonds is 8. The number of para-hydroxylation sites is 4. The number of amides is 3. The molecule has 11 rings (SSSR count). The topological polar surface area (TPSA) is 230 Å². The van der Waals surface area contributed by atoms with Crippen LogP contribution in [0.3, 0.4) is 0 Å². The number of hydrogen-bond acceptors (Lipinski definition) is 11. The van der Waals surface area contributed by atoms with E-state index in [0.29, 0.717) is 30.2 Å². The Morgan fingerprint density at radius 2 is 1.03 bits per heavy atom. The summed E-state index contributed by atoms with van der Waals surface area (Å²) in [6, 6.07) is 32.5. The van der Waals surface area contributed by atoms with Crippen molar-refractivity contribution >= 4 is 93.2 Å². The summed E-state index contributed by atoms with van der Waals surface area (Å²) >= 11 is 0. The summed E-state index contributed by atoms with van der Waals surface area (Å²) in [5.74, 6) is -3.48. The number of benzene rings is 5. The van der Waals surface area contributed by atoms with Crippen LogP contribution in [0.15, 0.2) is 174 Å². The zero-order valence-electron chi connectivity index (χ0n) is 38.4. The van der Waals surface area contributed by atoms with Gasteiger partial charge in [-0.15, -0.1) is 20.2 Å². The van der Waals surface area contributed by atoms with Gasteiger partial charge in [0.15, 0.2) is 11.0 Å². The van der Waals surface area contributed by atoms with Crippen LogP contribution in [0, 0.1) is 0 Å². The third-order valence-corrected chi connectivity index (χ3v) is 12.1. The number of fused-ring (bicyclic) bond motifs is 4. The second-order valence-electron chi connectivity index (χ2n) is 16.5. The Hall–Kier alpha value is -10.1. The first-order chi connectivity index (χ1) is 35.1. The van der Waals surface area contributed by atoms with Crippen molar-refractivity contribution in [1.29, 1.82) is 0 Å². The highest BCUT2D eigenvalue weighted by Gasteiger charge is 2.36. The second kappa shape index (κ2) is 18.1. The molecular formula is C54H40N10O8+2. The number of amidine groups is 2. The van der Waals surface area contributed by atoms with Crippen LogP contribution in [-0.4, -0.2) is 73.0 Å². The molecule has 0 saturated carbocycles. The molecule has 0 radical (unpaired) electrons. The molecule has 0 spiro atoms. The van der Waals surface area contributed by atoms with Gasteiger partial charge in [-0.05, 0) is 73.5 Å². The van der Waals surface area contributed by atoms with Gasteiger partial charge < -0.3 is 28.7 Å². The first-order valence-electron chi connectivity index (χ1n) is 22.8. The number of aromatic nitrogens is 4. The van der Waals surface area contributed by atoms with Crippen LogP contribution in [0.25, 0.3) is 63.2 Å². The number of aliphatic hydroxyl groups is 1. The van der Waals surface area contributed by atoms with Gasteiger partial charge in [-0.2, -0.15) is 5.32 Å². The molecule has 0 aliphatic carbocycles. The molecule has 4 N–H and O–H groups in total. The average Bonchev–Trinajstić information content (AvgIpc) is 3.40. The van der Waals surface area contributed by atoms with Crippen LogP contribution in [-0.2, 0) is 14.4 Å². The molecule has 352 valence electrons. The second-order valence-corrected chi connectivity index (χ2v) is 16.5. The van der Waals surface area contributed by atoms with Gasteiger partial charge in [0, 0.05) is 48.4 Å². The molecular weight excluding hydrogens is 917 g/mol. The predicted molar refractivity (Wildman–Crippen MR) is 270 cm³/mol. The Labute approximate surface area is 407 Å². The molecule has 7 aromatic rings. The Balaban J connectivity index is 1.01. The normalized spacial score (nSPS) is 17.7. The summed E-state index contributed by atoms with van der Waals surface area (Å²) in [7, 11) is 0. The number of carbonyl (C=O) groups is 3. The molecule has 6 heterocycles. The van der Waals surface area contributed by atoms with E-state index in [1.165, 1.54) is 0 Å². The van der Waals surface area contributed by atoms with Crippen molar-refractivity contribution in [3.63, 3.8) is 0 Å². The fourth-order valence-electron chi connectivity index (χ4n) is 8.84. The van der Waals surface area contributed by atoms with Crippen molar-refractivity contribution in [2.45, 2.75) is 13.8 Å². The van der Waals surface area contributed by atoms with E-state index in [-0.39, 0.29) is 40.1 Å². The molecule has 4 aliphatic rings. The molecule has 72 heavy (non-hydrogen) atoms. The highest BCUT2D eigenvalue weighted by atomic mass is 16.4. The number of carbonyl (C=O) groups excluding carboxylic acids is 3. The van der Waals surface area contributed by atoms with Gasteiger partial charge in [0.25, 0.3) is 22.7 Å².